The lowest BCUT2D eigenvalue weighted by Crippen LogP contribution is -2.19. The molecule has 0 aromatic carbocycles. The van der Waals surface area contributed by atoms with Gasteiger partial charge >= 0.3 is 0 Å². The van der Waals surface area contributed by atoms with Gasteiger partial charge in [-0.25, -0.2) is 5.26 Å². The van der Waals surface area contributed by atoms with Crippen LogP contribution in [0.25, 0.3) is 0 Å². The lowest BCUT2D eigenvalue weighted by atomic mass is 10.2. The van der Waals surface area contributed by atoms with Gasteiger partial charge in [-0.2, -0.15) is 8.42 Å². The predicted molar refractivity (Wildman–Crippen MR) is 49.8 cm³/mol. The fraction of sp³-hybridized carbons (Fsp3) is 1.00. The second-order valence-corrected chi connectivity index (χ2v) is 5.04. The van der Waals surface area contributed by atoms with Crippen LogP contribution in [0.4, 0.5) is 0 Å². The topological polar surface area (TPSA) is 134 Å². The van der Waals surface area contributed by atoms with Crippen LogP contribution in [0, 0.1) is 0 Å². The lowest BCUT2D eigenvalue weighted by molar-refractivity contribution is -0.432. The molecule has 0 fully saturated rings. The highest BCUT2D eigenvalue weighted by Crippen LogP contribution is 2.17. The number of hydrogen-bond acceptors (Lipinski definition) is 8. The molecule has 0 rings (SSSR count). The molecule has 0 spiro atoms. The summed E-state index contributed by atoms with van der Waals surface area (Å²) in [5.74, 6) is 0. The van der Waals surface area contributed by atoms with Gasteiger partial charge in [0.25, 0.3) is 10.1 Å². The zero-order chi connectivity index (χ0) is 11.9. The Kier molecular flexibility index (Phi) is 7.38. The van der Waals surface area contributed by atoms with Crippen molar-refractivity contribution in [1.82, 2.24) is 0 Å². The molecular formula is C5H12O8S2. The monoisotopic (exact) mass is 264 g/mol. The molecule has 0 saturated carbocycles. The summed E-state index contributed by atoms with van der Waals surface area (Å²) in [6.07, 6.45) is 0.0287. The van der Waals surface area contributed by atoms with Crippen molar-refractivity contribution < 1.29 is 37.8 Å². The van der Waals surface area contributed by atoms with Gasteiger partial charge in [0.15, 0.2) is 5.44 Å². The van der Waals surface area contributed by atoms with E-state index in [2.05, 4.69) is 9.37 Å². The molecule has 92 valence electrons. The number of rotatable bonds is 8. The molecule has 0 bridgehead atoms. The Hall–Kier alpha value is 0.0600. The predicted octanol–water partition coefficient (Wildman–Crippen LogP) is -0.249. The fourth-order valence-corrected chi connectivity index (χ4v) is 1.58. The first-order valence-electron chi connectivity index (χ1n) is 3.84. The Morgan fingerprint density at radius 3 is 2.33 bits per heavy atom. The zero-order valence-electron chi connectivity index (χ0n) is 7.51. The fourth-order valence-electron chi connectivity index (χ4n) is 0.727. The highest BCUT2D eigenvalue weighted by atomic mass is 32.2. The van der Waals surface area contributed by atoms with Gasteiger partial charge < -0.3 is 10.2 Å². The van der Waals surface area contributed by atoms with Gasteiger partial charge in [-0.3, -0.25) is 4.55 Å². The molecule has 2 unspecified atom stereocenters. The average molecular weight is 264 g/mol. The molecule has 10 heteroatoms. The van der Waals surface area contributed by atoms with Crippen molar-refractivity contribution in [2.24, 2.45) is 0 Å². The highest BCUT2D eigenvalue weighted by molar-refractivity contribution is 7.95. The van der Waals surface area contributed by atoms with E-state index in [1.807, 2.05) is 0 Å². The van der Waals surface area contributed by atoms with E-state index in [1.54, 1.807) is 0 Å². The SMILES string of the molecule is O=S(=O)(O)C(O)CCCC(O)SOOO. The van der Waals surface area contributed by atoms with Crippen LogP contribution in [0.5, 0.6) is 0 Å². The average Bonchev–Trinajstić information content (AvgIpc) is 2.13. The molecule has 0 amide bonds. The number of aliphatic hydroxyl groups is 2. The van der Waals surface area contributed by atoms with Gasteiger partial charge in [0.1, 0.15) is 5.44 Å². The second kappa shape index (κ2) is 7.35. The lowest BCUT2D eigenvalue weighted by Gasteiger charge is -2.09. The van der Waals surface area contributed by atoms with E-state index in [0.29, 0.717) is 12.0 Å². The summed E-state index contributed by atoms with van der Waals surface area (Å²) in [4.78, 5) is 0. The van der Waals surface area contributed by atoms with Gasteiger partial charge in [0.05, 0.1) is 12.0 Å². The van der Waals surface area contributed by atoms with Gasteiger partial charge in [-0.15, -0.1) is 4.33 Å². The first kappa shape index (κ1) is 15.1. The van der Waals surface area contributed by atoms with Gasteiger partial charge in [-0.1, -0.05) is 5.04 Å². The van der Waals surface area contributed by atoms with Crippen LogP contribution in [0.15, 0.2) is 0 Å². The van der Waals surface area contributed by atoms with Crippen LogP contribution in [-0.4, -0.2) is 39.3 Å². The molecule has 4 N–H and O–H groups in total. The van der Waals surface area contributed by atoms with Crippen molar-refractivity contribution in [3.05, 3.63) is 0 Å². The molecule has 2 atom stereocenters. The minimum atomic E-state index is -4.45. The summed E-state index contributed by atoms with van der Waals surface area (Å²) in [6, 6.07) is 0. The van der Waals surface area contributed by atoms with Crippen LogP contribution in [-0.2, 0) is 19.5 Å². The van der Waals surface area contributed by atoms with Crippen molar-refractivity contribution in [3.63, 3.8) is 0 Å². The third kappa shape index (κ3) is 7.93. The Bertz CT molecular complexity index is 252. The molecule has 0 aliphatic rings. The van der Waals surface area contributed by atoms with E-state index in [0.717, 1.165) is 0 Å². The van der Waals surface area contributed by atoms with Crippen molar-refractivity contribution in [3.8, 4) is 0 Å². The van der Waals surface area contributed by atoms with Crippen LogP contribution in [0.3, 0.4) is 0 Å². The summed E-state index contributed by atoms with van der Waals surface area (Å²) in [6.45, 7) is 0. The van der Waals surface area contributed by atoms with Crippen LogP contribution < -0.4 is 0 Å². The van der Waals surface area contributed by atoms with Crippen LogP contribution >= 0.6 is 12.0 Å². The van der Waals surface area contributed by atoms with E-state index < -0.39 is 21.0 Å². The first-order chi connectivity index (χ1) is 6.88. The first-order valence-corrected chi connectivity index (χ1v) is 6.14. The van der Waals surface area contributed by atoms with E-state index >= 15 is 0 Å². The summed E-state index contributed by atoms with van der Waals surface area (Å²) in [5, 5.41) is 28.8. The Morgan fingerprint density at radius 1 is 1.27 bits per heavy atom. The van der Waals surface area contributed by atoms with Gasteiger partial charge in [0.2, 0.25) is 0 Å². The Labute approximate surface area is 90.6 Å². The molecule has 8 nitrogen and oxygen atoms in total. The van der Waals surface area contributed by atoms with Crippen molar-refractivity contribution in [2.45, 2.75) is 30.1 Å². The van der Waals surface area contributed by atoms with E-state index in [1.165, 1.54) is 0 Å². The molecule has 0 aliphatic carbocycles. The molecule has 0 heterocycles. The molecule has 0 aromatic rings. The number of hydrogen-bond donors (Lipinski definition) is 4. The molecule has 0 aromatic heterocycles. The van der Waals surface area contributed by atoms with E-state index in [4.69, 9.17) is 20.0 Å². The molecular weight excluding hydrogens is 252 g/mol. The van der Waals surface area contributed by atoms with Crippen LogP contribution in [0.2, 0.25) is 0 Å². The third-order valence-corrected chi connectivity index (χ3v) is 2.95. The second-order valence-electron chi connectivity index (χ2n) is 2.59. The maximum atomic E-state index is 10.3. The largest absolute Gasteiger partial charge is 0.380 e. The summed E-state index contributed by atoms with van der Waals surface area (Å²) < 4.78 is 33.0. The standard InChI is InChI=1S/C5H12O8S2/c6-4(14-13-12-8)2-1-3-5(7)15(9,10)11/h4-8H,1-3H2,(H,9,10,11). The third-order valence-electron chi connectivity index (χ3n) is 1.43. The van der Waals surface area contributed by atoms with Crippen molar-refractivity contribution in [2.75, 3.05) is 0 Å². The summed E-state index contributed by atoms with van der Waals surface area (Å²) >= 11 is 0.425. The molecule has 15 heavy (non-hydrogen) atoms. The maximum Gasteiger partial charge on any atom is 0.291 e. The maximum absolute atomic E-state index is 10.3. The van der Waals surface area contributed by atoms with E-state index in [9.17, 15) is 8.42 Å². The highest BCUT2D eigenvalue weighted by Gasteiger charge is 2.19. The van der Waals surface area contributed by atoms with Crippen molar-refractivity contribution >= 4 is 22.2 Å². The smallest absolute Gasteiger partial charge is 0.291 e. The summed E-state index contributed by atoms with van der Waals surface area (Å²) in [5.41, 5.74) is -2.89. The quantitative estimate of drug-likeness (QED) is 0.154. The Morgan fingerprint density at radius 2 is 1.87 bits per heavy atom. The molecule has 0 radical (unpaired) electrons. The molecule has 0 aliphatic heterocycles. The normalized spacial score (nSPS) is 16.3. The van der Waals surface area contributed by atoms with Crippen LogP contribution in [0.1, 0.15) is 19.3 Å². The van der Waals surface area contributed by atoms with Crippen molar-refractivity contribution in [1.29, 1.82) is 0 Å². The minimum Gasteiger partial charge on any atom is -0.380 e. The van der Waals surface area contributed by atoms with Gasteiger partial charge in [0, 0.05) is 0 Å². The van der Waals surface area contributed by atoms with E-state index in [-0.39, 0.29) is 19.3 Å². The minimum absolute atomic E-state index is 0.0978. The number of aliphatic hydroxyl groups excluding tert-OH is 2. The molecule has 0 saturated heterocycles. The Balaban J connectivity index is 3.61. The summed E-state index contributed by atoms with van der Waals surface area (Å²) in [7, 11) is -4.45. The zero-order valence-corrected chi connectivity index (χ0v) is 9.15. The van der Waals surface area contributed by atoms with Gasteiger partial charge in [-0.05, 0) is 19.3 Å².